The van der Waals surface area contributed by atoms with Crippen LogP contribution in [0.25, 0.3) is 11.0 Å². The van der Waals surface area contributed by atoms with E-state index in [-0.39, 0.29) is 11.2 Å². The molecule has 1 aromatic heterocycles. The zero-order valence-electron chi connectivity index (χ0n) is 9.91. The molecule has 0 bridgehead atoms. The van der Waals surface area contributed by atoms with Crippen LogP contribution in [-0.2, 0) is 0 Å². The molecule has 1 heterocycles. The monoisotopic (exact) mass is 382 g/mol. The SMILES string of the molecule is O=[N+]([O-])c1c(Nc2ccc(I)cc2)ccc2nonc12. The summed E-state index contributed by atoms with van der Waals surface area (Å²) in [5.41, 5.74) is 1.43. The van der Waals surface area contributed by atoms with Crippen LogP contribution >= 0.6 is 22.6 Å². The topological polar surface area (TPSA) is 94.1 Å². The lowest BCUT2D eigenvalue weighted by Gasteiger charge is -2.06. The van der Waals surface area contributed by atoms with Crippen LogP contribution in [-0.4, -0.2) is 15.2 Å². The van der Waals surface area contributed by atoms with Gasteiger partial charge in [-0.1, -0.05) is 0 Å². The normalized spacial score (nSPS) is 10.7. The third-order valence-corrected chi connectivity index (χ3v) is 3.43. The molecular weight excluding hydrogens is 375 g/mol. The number of anilines is 2. The van der Waals surface area contributed by atoms with Crippen molar-refractivity contribution in [1.82, 2.24) is 10.3 Å². The van der Waals surface area contributed by atoms with Gasteiger partial charge in [0.15, 0.2) is 0 Å². The van der Waals surface area contributed by atoms with Crippen molar-refractivity contribution in [3.63, 3.8) is 0 Å². The number of halogens is 1. The van der Waals surface area contributed by atoms with Crippen LogP contribution in [0.3, 0.4) is 0 Å². The standard InChI is InChI=1S/C12H7IN4O3/c13-7-1-3-8(4-2-7)14-10-6-5-9-11(16-20-15-9)12(10)17(18)19/h1-6,14H. The van der Waals surface area contributed by atoms with E-state index in [1.165, 1.54) is 0 Å². The third-order valence-electron chi connectivity index (χ3n) is 2.71. The van der Waals surface area contributed by atoms with Gasteiger partial charge in [-0.15, -0.1) is 0 Å². The molecule has 0 aliphatic heterocycles. The number of nitrogens with zero attached hydrogens (tertiary/aromatic N) is 3. The second-order valence-electron chi connectivity index (χ2n) is 3.98. The van der Waals surface area contributed by atoms with E-state index < -0.39 is 4.92 Å². The third kappa shape index (κ3) is 2.29. The maximum absolute atomic E-state index is 11.2. The van der Waals surface area contributed by atoms with Crippen LogP contribution < -0.4 is 5.32 Å². The molecule has 0 saturated heterocycles. The average molecular weight is 382 g/mol. The van der Waals surface area contributed by atoms with Crippen molar-refractivity contribution in [3.8, 4) is 0 Å². The molecule has 3 aromatic rings. The molecule has 20 heavy (non-hydrogen) atoms. The van der Waals surface area contributed by atoms with E-state index >= 15 is 0 Å². The fourth-order valence-electron chi connectivity index (χ4n) is 1.81. The first-order valence-corrected chi connectivity index (χ1v) is 6.65. The van der Waals surface area contributed by atoms with Gasteiger partial charge in [-0.3, -0.25) is 10.1 Å². The highest BCUT2D eigenvalue weighted by Crippen LogP contribution is 2.33. The van der Waals surface area contributed by atoms with Gasteiger partial charge in [-0.25, -0.2) is 4.63 Å². The van der Waals surface area contributed by atoms with Crippen LogP contribution in [0.5, 0.6) is 0 Å². The summed E-state index contributed by atoms with van der Waals surface area (Å²) in [5.74, 6) is 0. The number of nitro groups is 1. The van der Waals surface area contributed by atoms with Crippen molar-refractivity contribution in [2.24, 2.45) is 0 Å². The number of fused-ring (bicyclic) bond motifs is 1. The van der Waals surface area contributed by atoms with Crippen molar-refractivity contribution in [1.29, 1.82) is 0 Å². The van der Waals surface area contributed by atoms with Gasteiger partial charge in [-0.05, 0) is 69.3 Å². The van der Waals surface area contributed by atoms with Gasteiger partial charge < -0.3 is 5.32 Å². The summed E-state index contributed by atoms with van der Waals surface area (Å²) in [7, 11) is 0. The van der Waals surface area contributed by atoms with Gasteiger partial charge in [0, 0.05) is 9.26 Å². The van der Waals surface area contributed by atoms with Crippen molar-refractivity contribution in [2.45, 2.75) is 0 Å². The molecule has 2 aromatic carbocycles. The lowest BCUT2D eigenvalue weighted by molar-refractivity contribution is -0.382. The highest BCUT2D eigenvalue weighted by atomic mass is 127. The van der Waals surface area contributed by atoms with Crippen LogP contribution in [0.4, 0.5) is 17.1 Å². The van der Waals surface area contributed by atoms with Gasteiger partial charge in [0.1, 0.15) is 11.2 Å². The summed E-state index contributed by atoms with van der Waals surface area (Å²) in [4.78, 5) is 10.7. The minimum Gasteiger partial charge on any atom is -0.350 e. The number of aromatic nitrogens is 2. The minimum absolute atomic E-state index is 0.130. The van der Waals surface area contributed by atoms with E-state index in [4.69, 9.17) is 0 Å². The molecule has 0 amide bonds. The molecule has 0 fully saturated rings. The van der Waals surface area contributed by atoms with Crippen LogP contribution in [0.1, 0.15) is 0 Å². The highest BCUT2D eigenvalue weighted by Gasteiger charge is 2.22. The first kappa shape index (κ1) is 12.8. The molecule has 0 atom stereocenters. The van der Waals surface area contributed by atoms with Crippen molar-refractivity contribution >= 4 is 50.7 Å². The highest BCUT2D eigenvalue weighted by molar-refractivity contribution is 14.1. The first-order valence-electron chi connectivity index (χ1n) is 5.57. The maximum Gasteiger partial charge on any atom is 0.323 e. The molecular formula is C12H7IN4O3. The molecule has 0 unspecified atom stereocenters. The number of nitrogens with one attached hydrogen (secondary N) is 1. The Morgan fingerprint density at radius 1 is 1.15 bits per heavy atom. The Kier molecular flexibility index (Phi) is 3.22. The molecule has 0 spiro atoms. The molecule has 0 radical (unpaired) electrons. The Morgan fingerprint density at radius 3 is 2.60 bits per heavy atom. The number of rotatable bonds is 3. The number of nitro benzene ring substituents is 1. The molecule has 100 valence electrons. The fraction of sp³-hybridized carbons (Fsp3) is 0. The summed E-state index contributed by atoms with van der Waals surface area (Å²) < 4.78 is 5.63. The Bertz CT molecular complexity index is 785. The fourth-order valence-corrected chi connectivity index (χ4v) is 2.17. The summed E-state index contributed by atoms with van der Waals surface area (Å²) in [6, 6.07) is 10.7. The predicted octanol–water partition coefficient (Wildman–Crippen LogP) is 3.48. The summed E-state index contributed by atoms with van der Waals surface area (Å²) in [5, 5.41) is 21.4. The smallest absolute Gasteiger partial charge is 0.323 e. The summed E-state index contributed by atoms with van der Waals surface area (Å²) in [6.45, 7) is 0. The van der Waals surface area contributed by atoms with Crippen molar-refractivity contribution in [3.05, 3.63) is 50.1 Å². The second kappa shape index (κ2) is 5.04. The van der Waals surface area contributed by atoms with E-state index in [1.807, 2.05) is 24.3 Å². The van der Waals surface area contributed by atoms with E-state index in [0.717, 1.165) is 9.26 Å². The number of hydrogen-bond donors (Lipinski definition) is 1. The van der Waals surface area contributed by atoms with E-state index in [9.17, 15) is 10.1 Å². The van der Waals surface area contributed by atoms with E-state index in [1.54, 1.807) is 12.1 Å². The predicted molar refractivity (Wildman–Crippen MR) is 80.9 cm³/mol. The molecule has 1 N–H and O–H groups in total. The Hall–Kier alpha value is -2.23. The van der Waals surface area contributed by atoms with Crippen LogP contribution in [0.2, 0.25) is 0 Å². The van der Waals surface area contributed by atoms with Crippen LogP contribution in [0, 0.1) is 13.7 Å². The summed E-state index contributed by atoms with van der Waals surface area (Å²) >= 11 is 2.19. The lowest BCUT2D eigenvalue weighted by Crippen LogP contribution is -1.98. The lowest BCUT2D eigenvalue weighted by atomic mass is 10.2. The van der Waals surface area contributed by atoms with E-state index in [0.29, 0.717) is 11.2 Å². The molecule has 8 heteroatoms. The summed E-state index contributed by atoms with van der Waals surface area (Å²) in [6.07, 6.45) is 0. The largest absolute Gasteiger partial charge is 0.350 e. The van der Waals surface area contributed by atoms with Gasteiger partial charge in [-0.2, -0.15) is 0 Å². The Balaban J connectivity index is 2.08. The van der Waals surface area contributed by atoms with Crippen LogP contribution in [0.15, 0.2) is 41.0 Å². The molecule has 0 aliphatic rings. The van der Waals surface area contributed by atoms with Crippen molar-refractivity contribution in [2.75, 3.05) is 5.32 Å². The number of hydrogen-bond acceptors (Lipinski definition) is 6. The zero-order valence-corrected chi connectivity index (χ0v) is 12.1. The molecule has 0 aliphatic carbocycles. The second-order valence-corrected chi connectivity index (χ2v) is 5.23. The zero-order chi connectivity index (χ0) is 14.1. The van der Waals surface area contributed by atoms with Gasteiger partial charge in [0.25, 0.3) is 0 Å². The number of benzene rings is 2. The van der Waals surface area contributed by atoms with E-state index in [2.05, 4.69) is 42.9 Å². The van der Waals surface area contributed by atoms with Gasteiger partial charge in [0.05, 0.1) is 4.92 Å². The molecule has 7 nitrogen and oxygen atoms in total. The minimum atomic E-state index is -0.498. The maximum atomic E-state index is 11.2. The average Bonchev–Trinajstić information content (AvgIpc) is 2.89. The quantitative estimate of drug-likeness (QED) is 0.424. The van der Waals surface area contributed by atoms with Gasteiger partial charge in [0.2, 0.25) is 5.52 Å². The molecule has 0 saturated carbocycles. The van der Waals surface area contributed by atoms with Crippen molar-refractivity contribution < 1.29 is 9.55 Å². The molecule has 3 rings (SSSR count). The van der Waals surface area contributed by atoms with Gasteiger partial charge >= 0.3 is 5.69 Å². The first-order chi connectivity index (χ1) is 9.65. The Morgan fingerprint density at radius 2 is 1.90 bits per heavy atom. The Labute approximate surface area is 126 Å².